The number of hydrogen-bond acceptors (Lipinski definition) is 5. The van der Waals surface area contributed by atoms with Crippen LogP contribution in [0.15, 0.2) is 42.7 Å². The van der Waals surface area contributed by atoms with Crippen LogP contribution in [0.1, 0.15) is 45.7 Å². The monoisotopic (exact) mass is 368 g/mol. The molecule has 2 aromatic rings. The number of carbonyl (C=O) groups excluding carboxylic acids is 1. The van der Waals surface area contributed by atoms with Crippen molar-refractivity contribution in [3.05, 3.63) is 48.3 Å². The van der Waals surface area contributed by atoms with Crippen molar-refractivity contribution in [3.63, 3.8) is 0 Å². The highest BCUT2D eigenvalue weighted by molar-refractivity contribution is 6.62. The molecule has 0 amide bonds. The Hall–Kier alpha value is -2.12. The number of aromatic nitrogens is 2. The average molecular weight is 368 g/mol. The average Bonchev–Trinajstić information content (AvgIpc) is 2.97. The minimum atomic E-state index is -0.634. The first-order chi connectivity index (χ1) is 12.9. The summed E-state index contributed by atoms with van der Waals surface area (Å²) < 4.78 is 19.4. The quantitative estimate of drug-likeness (QED) is 0.579. The van der Waals surface area contributed by atoms with Gasteiger partial charge < -0.3 is 14.0 Å². The standard InChI is InChI=1S/C20H25BN2O4/c1-5-25-18(24)17(15-9-7-6-8-10-15)23-12-16(11-22-23)21-26-19(4)13-20(19,27-21)14(2)3/h6-12,14,17H,5,13H2,1-4H3. The summed E-state index contributed by atoms with van der Waals surface area (Å²) in [5.41, 5.74) is 1.18. The van der Waals surface area contributed by atoms with Crippen molar-refractivity contribution in [2.24, 2.45) is 5.92 Å². The molecule has 4 rings (SSSR count). The summed E-state index contributed by atoms with van der Waals surface area (Å²) >= 11 is 0. The lowest BCUT2D eigenvalue weighted by Gasteiger charge is -2.18. The maximum Gasteiger partial charge on any atom is 0.498 e. The molecule has 1 aromatic carbocycles. The Morgan fingerprint density at radius 2 is 2.07 bits per heavy atom. The highest BCUT2D eigenvalue weighted by Crippen LogP contribution is 2.62. The van der Waals surface area contributed by atoms with Crippen LogP contribution in [-0.4, -0.2) is 40.7 Å². The fraction of sp³-hybridized carbons (Fsp3) is 0.500. The van der Waals surface area contributed by atoms with Gasteiger partial charge in [0.25, 0.3) is 0 Å². The molecule has 27 heavy (non-hydrogen) atoms. The van der Waals surface area contributed by atoms with Gasteiger partial charge in [0.2, 0.25) is 0 Å². The van der Waals surface area contributed by atoms with Crippen LogP contribution in [-0.2, 0) is 18.8 Å². The summed E-state index contributed by atoms with van der Waals surface area (Å²) in [5, 5.41) is 4.43. The maximum absolute atomic E-state index is 12.6. The van der Waals surface area contributed by atoms with Crippen molar-refractivity contribution in [2.75, 3.05) is 6.61 Å². The number of hydrogen-bond donors (Lipinski definition) is 0. The molecule has 6 nitrogen and oxygen atoms in total. The van der Waals surface area contributed by atoms with E-state index in [1.54, 1.807) is 17.8 Å². The van der Waals surface area contributed by atoms with E-state index in [0.717, 1.165) is 17.4 Å². The fourth-order valence-corrected chi connectivity index (χ4v) is 4.17. The molecular weight excluding hydrogens is 343 g/mol. The van der Waals surface area contributed by atoms with E-state index in [0.29, 0.717) is 12.5 Å². The Kier molecular flexibility index (Phi) is 4.39. The fourth-order valence-electron chi connectivity index (χ4n) is 4.17. The molecule has 2 heterocycles. The molecular formula is C20H25BN2O4. The second-order valence-electron chi connectivity index (χ2n) is 7.84. The zero-order chi connectivity index (χ0) is 19.2. The summed E-state index contributed by atoms with van der Waals surface area (Å²) in [6.45, 7) is 8.54. The summed E-state index contributed by atoms with van der Waals surface area (Å²) in [7, 11) is -0.460. The van der Waals surface area contributed by atoms with Crippen molar-refractivity contribution in [1.29, 1.82) is 0 Å². The van der Waals surface area contributed by atoms with Crippen LogP contribution in [0, 0.1) is 5.92 Å². The van der Waals surface area contributed by atoms with Crippen LogP contribution < -0.4 is 5.46 Å². The molecule has 1 aliphatic heterocycles. The first kappa shape index (κ1) is 18.3. The lowest BCUT2D eigenvalue weighted by atomic mass is 9.81. The van der Waals surface area contributed by atoms with Gasteiger partial charge >= 0.3 is 13.1 Å². The van der Waals surface area contributed by atoms with Crippen molar-refractivity contribution in [2.45, 2.75) is 51.4 Å². The Morgan fingerprint density at radius 1 is 1.33 bits per heavy atom. The summed E-state index contributed by atoms with van der Waals surface area (Å²) in [6, 6.07) is 8.88. The van der Waals surface area contributed by atoms with Gasteiger partial charge in [-0.3, -0.25) is 4.68 Å². The van der Waals surface area contributed by atoms with Gasteiger partial charge in [-0.2, -0.15) is 5.10 Å². The number of fused-ring (bicyclic) bond motifs is 1. The topological polar surface area (TPSA) is 62.6 Å². The Balaban J connectivity index is 1.60. The second kappa shape index (κ2) is 6.50. The second-order valence-corrected chi connectivity index (χ2v) is 7.84. The summed E-state index contributed by atoms with van der Waals surface area (Å²) in [5.74, 6) is 0.0409. The van der Waals surface area contributed by atoms with E-state index in [1.807, 2.05) is 36.5 Å². The number of nitrogens with zero attached hydrogens (tertiary/aromatic N) is 2. The Bertz CT molecular complexity index is 840. The lowest BCUT2D eigenvalue weighted by molar-refractivity contribution is -0.146. The van der Waals surface area contributed by atoms with Gasteiger partial charge in [0, 0.05) is 24.3 Å². The lowest BCUT2D eigenvalue weighted by Crippen LogP contribution is -2.36. The van der Waals surface area contributed by atoms with Gasteiger partial charge in [-0.05, 0) is 25.3 Å². The molecule has 7 heteroatoms. The molecule has 2 fully saturated rings. The predicted octanol–water partition coefficient (Wildman–Crippen LogP) is 2.33. The van der Waals surface area contributed by atoms with E-state index in [-0.39, 0.29) is 17.2 Å². The molecule has 1 aliphatic carbocycles. The third-order valence-corrected chi connectivity index (χ3v) is 5.77. The van der Waals surface area contributed by atoms with Gasteiger partial charge in [0.15, 0.2) is 6.04 Å². The van der Waals surface area contributed by atoms with Gasteiger partial charge in [-0.1, -0.05) is 44.2 Å². The van der Waals surface area contributed by atoms with E-state index in [1.165, 1.54) is 0 Å². The third kappa shape index (κ3) is 2.89. The van der Waals surface area contributed by atoms with Crippen molar-refractivity contribution in [1.82, 2.24) is 9.78 Å². The van der Waals surface area contributed by atoms with Crippen molar-refractivity contribution < 1.29 is 18.8 Å². The molecule has 3 unspecified atom stereocenters. The predicted molar refractivity (Wildman–Crippen MR) is 102 cm³/mol. The molecule has 1 saturated heterocycles. The first-order valence-corrected chi connectivity index (χ1v) is 9.51. The molecule has 0 radical (unpaired) electrons. The van der Waals surface area contributed by atoms with E-state index in [2.05, 4.69) is 25.9 Å². The van der Waals surface area contributed by atoms with Crippen LogP contribution in [0.2, 0.25) is 0 Å². The van der Waals surface area contributed by atoms with Crippen LogP contribution >= 0.6 is 0 Å². The van der Waals surface area contributed by atoms with Crippen molar-refractivity contribution >= 4 is 18.6 Å². The van der Waals surface area contributed by atoms with E-state index < -0.39 is 13.2 Å². The Morgan fingerprint density at radius 3 is 2.70 bits per heavy atom. The van der Waals surface area contributed by atoms with Gasteiger partial charge in [-0.25, -0.2) is 4.79 Å². The summed E-state index contributed by atoms with van der Waals surface area (Å²) in [6.07, 6.45) is 4.45. The largest absolute Gasteiger partial charge is 0.498 e. The third-order valence-electron chi connectivity index (χ3n) is 5.77. The minimum Gasteiger partial charge on any atom is -0.464 e. The SMILES string of the molecule is CCOC(=O)C(c1ccccc1)n1cc(B2OC3(C)CC3(C(C)C)O2)cn1. The summed E-state index contributed by atoms with van der Waals surface area (Å²) in [4.78, 5) is 12.6. The van der Waals surface area contributed by atoms with E-state index in [9.17, 15) is 4.79 Å². The minimum absolute atomic E-state index is 0.222. The van der Waals surface area contributed by atoms with Crippen LogP contribution in [0.25, 0.3) is 0 Å². The van der Waals surface area contributed by atoms with E-state index >= 15 is 0 Å². The first-order valence-electron chi connectivity index (χ1n) is 9.51. The van der Waals surface area contributed by atoms with Gasteiger partial charge in [0.1, 0.15) is 0 Å². The van der Waals surface area contributed by atoms with Crippen LogP contribution in [0.3, 0.4) is 0 Å². The number of benzene rings is 1. The molecule has 1 saturated carbocycles. The number of carbonyl (C=O) groups is 1. The highest BCUT2D eigenvalue weighted by atomic mass is 16.7. The molecule has 0 spiro atoms. The highest BCUT2D eigenvalue weighted by Gasteiger charge is 2.75. The normalized spacial score (nSPS) is 27.5. The molecule has 2 aliphatic rings. The Labute approximate surface area is 159 Å². The molecule has 142 valence electrons. The maximum atomic E-state index is 12.6. The number of ether oxygens (including phenoxy) is 1. The molecule has 0 bridgehead atoms. The van der Waals surface area contributed by atoms with Gasteiger partial charge in [-0.15, -0.1) is 0 Å². The zero-order valence-electron chi connectivity index (χ0n) is 16.2. The molecule has 1 aromatic heterocycles. The molecule has 3 atom stereocenters. The van der Waals surface area contributed by atoms with Crippen LogP contribution in [0.5, 0.6) is 0 Å². The molecule has 0 N–H and O–H groups in total. The van der Waals surface area contributed by atoms with Crippen LogP contribution in [0.4, 0.5) is 0 Å². The zero-order valence-corrected chi connectivity index (χ0v) is 16.2. The number of rotatable bonds is 6. The van der Waals surface area contributed by atoms with Gasteiger partial charge in [0.05, 0.1) is 17.8 Å². The van der Waals surface area contributed by atoms with E-state index in [4.69, 9.17) is 14.0 Å². The smallest absolute Gasteiger partial charge is 0.464 e. The van der Waals surface area contributed by atoms with Crippen molar-refractivity contribution in [3.8, 4) is 0 Å². The number of esters is 1.